The van der Waals surface area contributed by atoms with Crippen LogP contribution in [0.1, 0.15) is 19.4 Å². The number of benzene rings is 1. The highest BCUT2D eigenvalue weighted by molar-refractivity contribution is 6.04. The number of morpholine rings is 1. The van der Waals surface area contributed by atoms with Gasteiger partial charge in [0.2, 0.25) is 11.8 Å². The second-order valence-electron chi connectivity index (χ2n) is 6.87. The van der Waals surface area contributed by atoms with Crippen LogP contribution in [0.5, 0.6) is 5.75 Å². The van der Waals surface area contributed by atoms with Gasteiger partial charge in [0.1, 0.15) is 11.2 Å². The Morgan fingerprint density at radius 1 is 1.12 bits per heavy atom. The summed E-state index contributed by atoms with van der Waals surface area (Å²) in [6.45, 7) is 8.14. The van der Waals surface area contributed by atoms with Crippen LogP contribution in [0.2, 0.25) is 0 Å². The molecule has 0 atom stereocenters. The molecule has 0 aromatic heterocycles. The predicted molar refractivity (Wildman–Crippen MR) is 98.9 cm³/mol. The van der Waals surface area contributed by atoms with E-state index in [2.05, 4.69) is 15.5 Å². The smallest absolute Gasteiger partial charge is 0.235 e. The molecule has 1 aliphatic heterocycles. The van der Waals surface area contributed by atoms with Crippen molar-refractivity contribution in [1.82, 2.24) is 15.5 Å². The lowest BCUT2D eigenvalue weighted by Gasteiger charge is -2.27. The number of carbonyl (C=O) groups is 2. The molecular weight excluding hydrogens is 334 g/mol. The summed E-state index contributed by atoms with van der Waals surface area (Å²) in [6.07, 6.45) is 0. The van der Waals surface area contributed by atoms with Crippen LogP contribution in [-0.4, -0.2) is 63.2 Å². The Morgan fingerprint density at radius 2 is 1.73 bits per heavy atom. The number of methoxy groups -OCH3 is 1. The van der Waals surface area contributed by atoms with Gasteiger partial charge in [0, 0.05) is 32.7 Å². The molecule has 2 rings (SSSR count). The molecule has 1 fully saturated rings. The number of ether oxygens (including phenoxy) is 2. The first-order chi connectivity index (χ1) is 12.4. The monoisotopic (exact) mass is 363 g/mol. The van der Waals surface area contributed by atoms with Gasteiger partial charge in [-0.25, -0.2) is 0 Å². The molecular formula is C19H29N3O4. The molecule has 1 aromatic rings. The molecule has 7 heteroatoms. The molecule has 144 valence electrons. The van der Waals surface area contributed by atoms with E-state index in [1.54, 1.807) is 21.0 Å². The Balaban J connectivity index is 1.76. The fourth-order valence-electron chi connectivity index (χ4n) is 2.62. The number of amides is 2. The van der Waals surface area contributed by atoms with Crippen molar-refractivity contribution in [2.45, 2.75) is 20.4 Å². The van der Waals surface area contributed by atoms with E-state index >= 15 is 0 Å². The van der Waals surface area contributed by atoms with Gasteiger partial charge >= 0.3 is 0 Å². The average molecular weight is 363 g/mol. The molecule has 7 nitrogen and oxygen atoms in total. The Morgan fingerprint density at radius 3 is 2.35 bits per heavy atom. The molecule has 0 saturated carbocycles. The molecule has 0 radical (unpaired) electrons. The highest BCUT2D eigenvalue weighted by Crippen LogP contribution is 2.16. The van der Waals surface area contributed by atoms with Gasteiger partial charge in [-0.05, 0) is 31.5 Å². The van der Waals surface area contributed by atoms with E-state index in [1.165, 1.54) is 0 Å². The van der Waals surface area contributed by atoms with Crippen LogP contribution in [0.3, 0.4) is 0 Å². The third kappa shape index (κ3) is 5.71. The average Bonchev–Trinajstić information content (AvgIpc) is 2.67. The highest BCUT2D eigenvalue weighted by Gasteiger charge is 2.35. The number of carbonyl (C=O) groups excluding carboxylic acids is 2. The van der Waals surface area contributed by atoms with E-state index in [1.807, 2.05) is 24.3 Å². The SMILES string of the molecule is COc1ccc(CNC(=O)C(C)(C)C(=O)NCCN2CCOCC2)cc1. The van der Waals surface area contributed by atoms with E-state index in [4.69, 9.17) is 9.47 Å². The van der Waals surface area contributed by atoms with Crippen molar-refractivity contribution in [2.24, 2.45) is 5.41 Å². The molecule has 0 spiro atoms. The van der Waals surface area contributed by atoms with Crippen molar-refractivity contribution in [3.05, 3.63) is 29.8 Å². The summed E-state index contributed by atoms with van der Waals surface area (Å²) in [6, 6.07) is 7.44. The lowest BCUT2D eigenvalue weighted by molar-refractivity contribution is -0.141. The van der Waals surface area contributed by atoms with Gasteiger partial charge in [-0.3, -0.25) is 14.5 Å². The third-order valence-corrected chi connectivity index (χ3v) is 4.56. The number of rotatable bonds is 8. The van der Waals surface area contributed by atoms with Gasteiger partial charge in [0.05, 0.1) is 20.3 Å². The predicted octanol–water partition coefficient (Wildman–Crippen LogP) is 0.786. The fourth-order valence-corrected chi connectivity index (χ4v) is 2.62. The second-order valence-corrected chi connectivity index (χ2v) is 6.87. The van der Waals surface area contributed by atoms with Crippen molar-refractivity contribution in [2.75, 3.05) is 46.5 Å². The van der Waals surface area contributed by atoms with Crippen LogP contribution < -0.4 is 15.4 Å². The summed E-state index contributed by atoms with van der Waals surface area (Å²) in [5, 5.41) is 5.70. The summed E-state index contributed by atoms with van der Waals surface area (Å²) in [5.74, 6) is 0.204. The van der Waals surface area contributed by atoms with E-state index < -0.39 is 5.41 Å². The molecule has 26 heavy (non-hydrogen) atoms. The highest BCUT2D eigenvalue weighted by atomic mass is 16.5. The van der Waals surface area contributed by atoms with Crippen molar-refractivity contribution >= 4 is 11.8 Å². The summed E-state index contributed by atoms with van der Waals surface area (Å²) >= 11 is 0. The van der Waals surface area contributed by atoms with Crippen molar-refractivity contribution < 1.29 is 19.1 Å². The molecule has 0 bridgehead atoms. The van der Waals surface area contributed by atoms with Crippen LogP contribution >= 0.6 is 0 Å². The maximum absolute atomic E-state index is 12.4. The standard InChI is InChI=1S/C19H29N3O4/c1-19(2,17(23)20-8-9-22-10-12-26-13-11-22)18(24)21-14-15-4-6-16(25-3)7-5-15/h4-7H,8-14H2,1-3H3,(H,20,23)(H,21,24). The number of nitrogens with zero attached hydrogens (tertiary/aromatic N) is 1. The Labute approximate surface area is 155 Å². The molecule has 0 unspecified atom stereocenters. The van der Waals surface area contributed by atoms with Crippen LogP contribution in [0.15, 0.2) is 24.3 Å². The Bertz CT molecular complexity index is 595. The summed E-state index contributed by atoms with van der Waals surface area (Å²) < 4.78 is 10.4. The normalized spacial score (nSPS) is 15.3. The van der Waals surface area contributed by atoms with Gasteiger partial charge in [-0.1, -0.05) is 12.1 Å². The van der Waals surface area contributed by atoms with Crippen molar-refractivity contribution in [1.29, 1.82) is 0 Å². The zero-order valence-electron chi connectivity index (χ0n) is 15.8. The molecule has 2 N–H and O–H groups in total. The first-order valence-corrected chi connectivity index (χ1v) is 8.93. The minimum absolute atomic E-state index is 0.266. The first-order valence-electron chi connectivity index (χ1n) is 8.93. The topological polar surface area (TPSA) is 79.9 Å². The van der Waals surface area contributed by atoms with E-state index in [0.29, 0.717) is 13.1 Å². The molecule has 1 aliphatic rings. The van der Waals surface area contributed by atoms with Gasteiger partial charge in [0.15, 0.2) is 0 Å². The Kier molecular flexibility index (Phi) is 7.41. The van der Waals surface area contributed by atoms with Crippen LogP contribution in [0, 0.1) is 5.41 Å². The lowest BCUT2D eigenvalue weighted by Crippen LogP contribution is -2.49. The van der Waals surface area contributed by atoms with Crippen molar-refractivity contribution in [3.8, 4) is 5.75 Å². The lowest BCUT2D eigenvalue weighted by atomic mass is 9.91. The van der Waals surface area contributed by atoms with Gasteiger partial charge in [0.25, 0.3) is 0 Å². The third-order valence-electron chi connectivity index (χ3n) is 4.56. The summed E-state index contributed by atoms with van der Waals surface area (Å²) in [4.78, 5) is 27.1. The molecule has 1 aromatic carbocycles. The minimum Gasteiger partial charge on any atom is -0.497 e. The van der Waals surface area contributed by atoms with Crippen LogP contribution in [0.4, 0.5) is 0 Å². The molecule has 0 aliphatic carbocycles. The van der Waals surface area contributed by atoms with Crippen LogP contribution in [-0.2, 0) is 20.9 Å². The molecule has 1 saturated heterocycles. The maximum atomic E-state index is 12.4. The number of hydrogen-bond donors (Lipinski definition) is 2. The van der Waals surface area contributed by atoms with Gasteiger partial charge in [-0.2, -0.15) is 0 Å². The summed E-state index contributed by atoms with van der Waals surface area (Å²) in [7, 11) is 1.61. The summed E-state index contributed by atoms with van der Waals surface area (Å²) in [5.41, 5.74) is -0.181. The Hall–Kier alpha value is -2.12. The molecule has 2 amide bonds. The maximum Gasteiger partial charge on any atom is 0.235 e. The molecule has 1 heterocycles. The zero-order chi connectivity index (χ0) is 19.0. The van der Waals surface area contributed by atoms with Crippen LogP contribution in [0.25, 0.3) is 0 Å². The van der Waals surface area contributed by atoms with E-state index in [-0.39, 0.29) is 11.8 Å². The van der Waals surface area contributed by atoms with Gasteiger partial charge in [-0.15, -0.1) is 0 Å². The fraction of sp³-hybridized carbons (Fsp3) is 0.579. The second kappa shape index (κ2) is 9.54. The van der Waals surface area contributed by atoms with Gasteiger partial charge < -0.3 is 20.1 Å². The number of nitrogens with one attached hydrogen (secondary N) is 2. The van der Waals surface area contributed by atoms with E-state index in [9.17, 15) is 9.59 Å². The van der Waals surface area contributed by atoms with E-state index in [0.717, 1.165) is 44.2 Å². The largest absolute Gasteiger partial charge is 0.497 e. The minimum atomic E-state index is -1.13. The quantitative estimate of drug-likeness (QED) is 0.668. The zero-order valence-corrected chi connectivity index (χ0v) is 15.8. The van der Waals surface area contributed by atoms with Crippen molar-refractivity contribution in [3.63, 3.8) is 0 Å². The first kappa shape index (κ1) is 20.2. The number of hydrogen-bond acceptors (Lipinski definition) is 5.